The summed E-state index contributed by atoms with van der Waals surface area (Å²) in [7, 11) is 0. The van der Waals surface area contributed by atoms with Crippen LogP contribution in [0.3, 0.4) is 0 Å². The molecule has 0 amide bonds. The van der Waals surface area contributed by atoms with Gasteiger partial charge in [0, 0.05) is 12.5 Å². The van der Waals surface area contributed by atoms with E-state index >= 15 is 0 Å². The molecule has 0 fully saturated rings. The fourth-order valence-electron chi connectivity index (χ4n) is 1.60. The van der Waals surface area contributed by atoms with Gasteiger partial charge >= 0.3 is 0 Å². The average Bonchev–Trinajstić information content (AvgIpc) is 2.24. The summed E-state index contributed by atoms with van der Waals surface area (Å²) < 4.78 is 13.0. The highest BCUT2D eigenvalue weighted by Gasteiger charge is 2.10. The number of aliphatic hydroxyl groups is 1. The van der Waals surface area contributed by atoms with Gasteiger partial charge in [0.1, 0.15) is 5.82 Å². The van der Waals surface area contributed by atoms with E-state index in [0.717, 1.165) is 24.2 Å². The van der Waals surface area contributed by atoms with E-state index < -0.39 is 0 Å². The number of aliphatic hydroxyl groups excluding tert-OH is 1. The Kier molecular flexibility index (Phi) is 5.73. The molecule has 1 N–H and O–H groups in total. The zero-order chi connectivity index (χ0) is 11.1. The van der Waals surface area contributed by atoms with E-state index in [1.54, 1.807) is 17.8 Å². The maximum atomic E-state index is 13.0. The third-order valence-electron chi connectivity index (χ3n) is 2.44. The molecule has 1 aromatic rings. The minimum atomic E-state index is -0.226. The van der Waals surface area contributed by atoms with Crippen LogP contribution in [0.15, 0.2) is 24.3 Å². The lowest BCUT2D eigenvalue weighted by molar-refractivity contribution is 0.258. The largest absolute Gasteiger partial charge is 0.396 e. The van der Waals surface area contributed by atoms with Gasteiger partial charge in [0.05, 0.1) is 0 Å². The number of hydrogen-bond acceptors (Lipinski definition) is 2. The molecule has 0 aliphatic carbocycles. The summed E-state index contributed by atoms with van der Waals surface area (Å²) in [6.07, 6.45) is 4.04. The minimum absolute atomic E-state index is 0.0767. The van der Waals surface area contributed by atoms with Crippen molar-refractivity contribution in [2.24, 2.45) is 0 Å². The SMILES string of the molecule is CSCCCC(CO)c1cccc(F)c1. The van der Waals surface area contributed by atoms with Gasteiger partial charge in [-0.3, -0.25) is 0 Å². The first kappa shape index (κ1) is 12.5. The molecule has 0 aliphatic heterocycles. The number of thioether (sulfide) groups is 1. The predicted octanol–water partition coefficient (Wildman–Crippen LogP) is 3.04. The molecule has 0 spiro atoms. The van der Waals surface area contributed by atoms with Gasteiger partial charge in [-0.25, -0.2) is 4.39 Å². The molecule has 0 aromatic heterocycles. The third kappa shape index (κ3) is 4.22. The fourth-order valence-corrected chi connectivity index (χ4v) is 2.05. The van der Waals surface area contributed by atoms with E-state index in [9.17, 15) is 9.50 Å². The van der Waals surface area contributed by atoms with Gasteiger partial charge < -0.3 is 5.11 Å². The van der Waals surface area contributed by atoms with Crippen LogP contribution in [0.5, 0.6) is 0 Å². The van der Waals surface area contributed by atoms with Crippen molar-refractivity contribution < 1.29 is 9.50 Å². The fraction of sp³-hybridized carbons (Fsp3) is 0.500. The standard InChI is InChI=1S/C12H17FOS/c1-15-7-3-5-11(9-14)10-4-2-6-12(13)8-10/h2,4,6,8,11,14H,3,5,7,9H2,1H3. The normalized spacial score (nSPS) is 12.7. The molecule has 1 rings (SSSR count). The van der Waals surface area contributed by atoms with Gasteiger partial charge in [-0.2, -0.15) is 11.8 Å². The van der Waals surface area contributed by atoms with Crippen LogP contribution in [0.1, 0.15) is 24.3 Å². The summed E-state index contributed by atoms with van der Waals surface area (Å²) in [5.41, 5.74) is 0.901. The highest BCUT2D eigenvalue weighted by atomic mass is 32.2. The molecule has 0 saturated heterocycles. The van der Waals surface area contributed by atoms with Gasteiger partial charge in [0.2, 0.25) is 0 Å². The van der Waals surface area contributed by atoms with Crippen molar-refractivity contribution >= 4 is 11.8 Å². The van der Waals surface area contributed by atoms with E-state index in [2.05, 4.69) is 6.26 Å². The molecule has 1 unspecified atom stereocenters. The second-order valence-electron chi connectivity index (χ2n) is 3.57. The highest BCUT2D eigenvalue weighted by molar-refractivity contribution is 7.98. The number of hydrogen-bond donors (Lipinski definition) is 1. The molecule has 0 saturated carbocycles. The molecule has 0 aliphatic rings. The average molecular weight is 228 g/mol. The lowest BCUT2D eigenvalue weighted by Crippen LogP contribution is -2.05. The molecule has 0 heterocycles. The Morgan fingerprint density at radius 2 is 2.27 bits per heavy atom. The van der Waals surface area contributed by atoms with E-state index in [-0.39, 0.29) is 18.3 Å². The van der Waals surface area contributed by atoms with Crippen molar-refractivity contribution in [1.29, 1.82) is 0 Å². The molecule has 1 aromatic carbocycles. The predicted molar refractivity (Wildman–Crippen MR) is 63.8 cm³/mol. The van der Waals surface area contributed by atoms with E-state index in [0.29, 0.717) is 0 Å². The third-order valence-corrected chi connectivity index (χ3v) is 3.14. The van der Waals surface area contributed by atoms with Crippen LogP contribution >= 0.6 is 11.8 Å². The lowest BCUT2D eigenvalue weighted by atomic mass is 9.95. The summed E-state index contributed by atoms with van der Waals surface area (Å²) in [4.78, 5) is 0. The smallest absolute Gasteiger partial charge is 0.123 e. The first-order chi connectivity index (χ1) is 7.27. The molecule has 1 atom stereocenters. The Balaban J connectivity index is 2.57. The summed E-state index contributed by atoms with van der Waals surface area (Å²) in [5, 5.41) is 9.24. The Morgan fingerprint density at radius 3 is 2.87 bits per heavy atom. The maximum Gasteiger partial charge on any atom is 0.123 e. The molecule has 0 radical (unpaired) electrons. The molecule has 3 heteroatoms. The van der Waals surface area contributed by atoms with Crippen LogP contribution in [-0.2, 0) is 0 Å². The van der Waals surface area contributed by atoms with Crippen LogP contribution in [0.25, 0.3) is 0 Å². The minimum Gasteiger partial charge on any atom is -0.396 e. The van der Waals surface area contributed by atoms with Crippen molar-refractivity contribution in [3.8, 4) is 0 Å². The summed E-state index contributed by atoms with van der Waals surface area (Å²) in [6.45, 7) is 0.0951. The summed E-state index contributed by atoms with van der Waals surface area (Å²) in [6, 6.07) is 6.52. The Morgan fingerprint density at radius 1 is 1.47 bits per heavy atom. The maximum absolute atomic E-state index is 13.0. The zero-order valence-electron chi connectivity index (χ0n) is 8.95. The van der Waals surface area contributed by atoms with Crippen molar-refractivity contribution in [1.82, 2.24) is 0 Å². The van der Waals surface area contributed by atoms with Crippen molar-refractivity contribution in [3.05, 3.63) is 35.6 Å². The van der Waals surface area contributed by atoms with Crippen LogP contribution < -0.4 is 0 Å². The van der Waals surface area contributed by atoms with Crippen LogP contribution in [0.2, 0.25) is 0 Å². The molecule has 1 nitrogen and oxygen atoms in total. The molecule has 15 heavy (non-hydrogen) atoms. The van der Waals surface area contributed by atoms with Gasteiger partial charge in [-0.1, -0.05) is 12.1 Å². The topological polar surface area (TPSA) is 20.2 Å². The molecular formula is C12H17FOS. The second kappa shape index (κ2) is 6.85. The van der Waals surface area contributed by atoms with Crippen LogP contribution in [0.4, 0.5) is 4.39 Å². The van der Waals surface area contributed by atoms with Crippen LogP contribution in [-0.4, -0.2) is 23.7 Å². The Labute approximate surface area is 94.7 Å². The first-order valence-electron chi connectivity index (χ1n) is 5.13. The Hall–Kier alpha value is -0.540. The van der Waals surface area contributed by atoms with Crippen LogP contribution in [0, 0.1) is 5.82 Å². The summed E-state index contributed by atoms with van der Waals surface area (Å²) in [5.74, 6) is 0.940. The van der Waals surface area contributed by atoms with Gasteiger partial charge in [-0.05, 0) is 42.5 Å². The Bertz CT molecular complexity index is 291. The first-order valence-corrected chi connectivity index (χ1v) is 6.52. The number of halogens is 1. The zero-order valence-corrected chi connectivity index (χ0v) is 9.77. The second-order valence-corrected chi connectivity index (χ2v) is 4.56. The van der Waals surface area contributed by atoms with E-state index in [1.807, 2.05) is 6.07 Å². The summed E-state index contributed by atoms with van der Waals surface area (Å²) >= 11 is 1.80. The lowest BCUT2D eigenvalue weighted by Gasteiger charge is -2.14. The van der Waals surface area contributed by atoms with Gasteiger partial charge in [-0.15, -0.1) is 0 Å². The van der Waals surface area contributed by atoms with Gasteiger partial charge in [0.15, 0.2) is 0 Å². The number of benzene rings is 1. The molecule has 0 bridgehead atoms. The van der Waals surface area contributed by atoms with Crippen molar-refractivity contribution in [2.45, 2.75) is 18.8 Å². The van der Waals surface area contributed by atoms with E-state index in [1.165, 1.54) is 12.1 Å². The van der Waals surface area contributed by atoms with Crippen molar-refractivity contribution in [2.75, 3.05) is 18.6 Å². The quantitative estimate of drug-likeness (QED) is 0.755. The van der Waals surface area contributed by atoms with Gasteiger partial charge in [0.25, 0.3) is 0 Å². The number of rotatable bonds is 6. The molecule has 84 valence electrons. The monoisotopic (exact) mass is 228 g/mol. The highest BCUT2D eigenvalue weighted by Crippen LogP contribution is 2.22. The van der Waals surface area contributed by atoms with Crippen molar-refractivity contribution in [3.63, 3.8) is 0 Å². The van der Waals surface area contributed by atoms with E-state index in [4.69, 9.17) is 0 Å². The molecular weight excluding hydrogens is 211 g/mol.